The van der Waals surface area contributed by atoms with Crippen LogP contribution in [0.2, 0.25) is 0 Å². The Labute approximate surface area is 158 Å². The van der Waals surface area contributed by atoms with Crippen molar-refractivity contribution in [2.75, 3.05) is 4.90 Å². The fraction of sp³-hybridized carbons (Fsp3) is 0.526. The number of alkyl halides is 3. The molecule has 0 spiro atoms. The van der Waals surface area contributed by atoms with Gasteiger partial charge in [0.1, 0.15) is 5.60 Å². The summed E-state index contributed by atoms with van der Waals surface area (Å²) in [6, 6.07) is 3.65. The first kappa shape index (κ1) is 18.9. The number of anilines is 1. The van der Waals surface area contributed by atoms with Crippen molar-refractivity contribution in [3.63, 3.8) is 0 Å². The Morgan fingerprint density at radius 3 is 2.43 bits per heavy atom. The Kier molecular flexibility index (Phi) is 3.60. The van der Waals surface area contributed by atoms with Gasteiger partial charge in [0.25, 0.3) is 0 Å². The third kappa shape index (κ3) is 2.10. The molecule has 3 heterocycles. The van der Waals surface area contributed by atoms with Crippen molar-refractivity contribution in [2.24, 2.45) is 11.8 Å². The second-order valence-electron chi connectivity index (χ2n) is 8.03. The predicted octanol–water partition coefficient (Wildman–Crippen LogP) is 2.30. The van der Waals surface area contributed by atoms with Crippen molar-refractivity contribution >= 4 is 17.5 Å². The number of amides is 2. The first-order valence-electron chi connectivity index (χ1n) is 8.74. The molecule has 2 amide bonds. The van der Waals surface area contributed by atoms with Crippen LogP contribution in [0.1, 0.15) is 37.0 Å². The van der Waals surface area contributed by atoms with E-state index in [0.29, 0.717) is 0 Å². The number of fused-ring (bicyclic) bond motifs is 5. The van der Waals surface area contributed by atoms with Crippen molar-refractivity contribution in [1.82, 2.24) is 0 Å². The minimum Gasteiger partial charge on any atom is -0.390 e. The average molecular weight is 394 g/mol. The SMILES string of the molecule is Cc1c(N2C(=O)[C@@H]3[C@H](C2=O)[C@@]2(C)C[C@H](O)[C@]3(C)O2)ccc(C#N)c1C(F)(F)F. The van der Waals surface area contributed by atoms with Gasteiger partial charge < -0.3 is 9.84 Å². The Bertz CT molecular complexity index is 969. The summed E-state index contributed by atoms with van der Waals surface area (Å²) < 4.78 is 46.4. The molecule has 1 aromatic carbocycles. The lowest BCUT2D eigenvalue weighted by molar-refractivity contribution is -0.138. The highest BCUT2D eigenvalue weighted by Gasteiger charge is 2.75. The molecule has 3 aliphatic heterocycles. The van der Waals surface area contributed by atoms with Crippen molar-refractivity contribution in [3.05, 3.63) is 28.8 Å². The second-order valence-corrected chi connectivity index (χ2v) is 8.03. The van der Waals surface area contributed by atoms with Crippen LogP contribution < -0.4 is 4.90 Å². The van der Waals surface area contributed by atoms with Crippen molar-refractivity contribution in [1.29, 1.82) is 5.26 Å². The van der Waals surface area contributed by atoms with Gasteiger partial charge in [-0.2, -0.15) is 18.4 Å². The van der Waals surface area contributed by atoms with E-state index in [-0.39, 0.29) is 17.7 Å². The van der Waals surface area contributed by atoms with Gasteiger partial charge in [-0.3, -0.25) is 9.59 Å². The number of imide groups is 1. The fourth-order valence-corrected chi connectivity index (χ4v) is 5.16. The number of halogens is 3. The van der Waals surface area contributed by atoms with E-state index < -0.39 is 58.3 Å². The number of carbonyl (C=O) groups excluding carboxylic acids is 2. The predicted molar refractivity (Wildman–Crippen MR) is 88.9 cm³/mol. The zero-order valence-corrected chi connectivity index (χ0v) is 15.3. The second kappa shape index (κ2) is 5.33. The van der Waals surface area contributed by atoms with E-state index in [9.17, 15) is 27.9 Å². The molecule has 0 saturated carbocycles. The van der Waals surface area contributed by atoms with Crippen LogP contribution in [0, 0.1) is 30.1 Å². The summed E-state index contributed by atoms with van der Waals surface area (Å²) in [5.74, 6) is -3.19. The molecule has 2 bridgehead atoms. The number of rotatable bonds is 1. The Morgan fingerprint density at radius 2 is 1.86 bits per heavy atom. The van der Waals surface area contributed by atoms with Gasteiger partial charge in [0.15, 0.2) is 0 Å². The van der Waals surface area contributed by atoms with Gasteiger partial charge in [-0.05, 0) is 38.5 Å². The zero-order valence-electron chi connectivity index (χ0n) is 15.3. The molecule has 3 saturated heterocycles. The summed E-state index contributed by atoms with van der Waals surface area (Å²) in [5.41, 5.74) is -4.64. The average Bonchev–Trinajstić information content (AvgIpc) is 3.08. The Morgan fingerprint density at radius 1 is 1.25 bits per heavy atom. The fourth-order valence-electron chi connectivity index (χ4n) is 5.16. The highest BCUT2D eigenvalue weighted by Crippen LogP contribution is 2.61. The number of hydrogen-bond acceptors (Lipinski definition) is 5. The molecule has 148 valence electrons. The number of aliphatic hydroxyl groups is 1. The minimum atomic E-state index is -4.82. The summed E-state index contributed by atoms with van der Waals surface area (Å²) in [6.07, 6.45) is -5.61. The number of aliphatic hydroxyl groups excluding tert-OH is 1. The van der Waals surface area contributed by atoms with Crippen LogP contribution in [0.5, 0.6) is 0 Å². The Hall–Kier alpha value is -2.44. The normalized spacial score (nSPS) is 36.8. The molecule has 4 rings (SSSR count). The van der Waals surface area contributed by atoms with Crippen molar-refractivity contribution in [3.8, 4) is 6.07 Å². The smallest absolute Gasteiger partial charge is 0.390 e. The molecule has 0 aliphatic carbocycles. The summed E-state index contributed by atoms with van der Waals surface area (Å²) in [5, 5.41) is 19.4. The van der Waals surface area contributed by atoms with Gasteiger partial charge in [-0.1, -0.05) is 0 Å². The first-order chi connectivity index (χ1) is 12.9. The quantitative estimate of drug-likeness (QED) is 0.739. The van der Waals surface area contributed by atoms with E-state index in [2.05, 4.69) is 0 Å². The summed E-state index contributed by atoms with van der Waals surface area (Å²) >= 11 is 0. The van der Waals surface area contributed by atoms with Crippen LogP contribution in [-0.2, 0) is 20.5 Å². The van der Waals surface area contributed by atoms with Crippen LogP contribution in [0.3, 0.4) is 0 Å². The van der Waals surface area contributed by atoms with Crippen molar-refractivity contribution < 1.29 is 32.6 Å². The van der Waals surface area contributed by atoms with Crippen LogP contribution in [-0.4, -0.2) is 34.2 Å². The number of nitrogens with zero attached hydrogens (tertiary/aromatic N) is 2. The molecule has 5 atom stereocenters. The maximum atomic E-state index is 13.5. The number of carbonyl (C=O) groups is 2. The maximum Gasteiger partial charge on any atom is 0.418 e. The van der Waals surface area contributed by atoms with E-state index in [0.717, 1.165) is 17.9 Å². The van der Waals surface area contributed by atoms with E-state index in [1.807, 2.05) is 0 Å². The van der Waals surface area contributed by atoms with Gasteiger partial charge in [0, 0.05) is 6.42 Å². The summed E-state index contributed by atoms with van der Waals surface area (Å²) in [4.78, 5) is 27.0. The lowest BCUT2D eigenvalue weighted by Crippen LogP contribution is -2.49. The monoisotopic (exact) mass is 394 g/mol. The van der Waals surface area contributed by atoms with E-state index >= 15 is 0 Å². The molecule has 0 unspecified atom stereocenters. The molecular formula is C19H17F3N2O4. The van der Waals surface area contributed by atoms with Crippen LogP contribution in [0.4, 0.5) is 18.9 Å². The lowest BCUT2D eigenvalue weighted by atomic mass is 9.67. The molecule has 28 heavy (non-hydrogen) atoms. The van der Waals surface area contributed by atoms with Crippen LogP contribution in [0.25, 0.3) is 0 Å². The number of ether oxygens (including phenoxy) is 1. The molecule has 0 radical (unpaired) electrons. The van der Waals surface area contributed by atoms with Crippen LogP contribution in [0.15, 0.2) is 12.1 Å². The van der Waals surface area contributed by atoms with Crippen molar-refractivity contribution in [2.45, 2.75) is 50.7 Å². The molecule has 1 aromatic rings. The van der Waals surface area contributed by atoms with Gasteiger partial charge in [-0.15, -0.1) is 0 Å². The summed E-state index contributed by atoms with van der Waals surface area (Å²) in [6.45, 7) is 4.32. The van der Waals surface area contributed by atoms with E-state index in [1.54, 1.807) is 13.8 Å². The Balaban J connectivity index is 1.86. The molecule has 1 N–H and O–H groups in total. The highest BCUT2D eigenvalue weighted by atomic mass is 19.4. The zero-order chi connectivity index (χ0) is 20.8. The maximum absolute atomic E-state index is 13.5. The van der Waals surface area contributed by atoms with E-state index in [4.69, 9.17) is 10.00 Å². The molecule has 3 fully saturated rings. The largest absolute Gasteiger partial charge is 0.418 e. The number of benzene rings is 1. The number of nitriles is 1. The van der Waals surface area contributed by atoms with Crippen LogP contribution >= 0.6 is 0 Å². The van der Waals surface area contributed by atoms with Gasteiger partial charge in [-0.25, -0.2) is 4.90 Å². The third-order valence-corrected chi connectivity index (χ3v) is 6.38. The van der Waals surface area contributed by atoms with Gasteiger partial charge in [0.2, 0.25) is 11.8 Å². The first-order valence-corrected chi connectivity index (χ1v) is 8.74. The summed E-state index contributed by atoms with van der Waals surface area (Å²) in [7, 11) is 0. The minimum absolute atomic E-state index is 0.164. The third-order valence-electron chi connectivity index (χ3n) is 6.38. The van der Waals surface area contributed by atoms with Gasteiger partial charge in [0.05, 0.1) is 46.4 Å². The lowest BCUT2D eigenvalue weighted by Gasteiger charge is -2.31. The molecule has 3 aliphatic rings. The number of hydrogen-bond donors (Lipinski definition) is 1. The molecule has 0 aromatic heterocycles. The topological polar surface area (TPSA) is 90.6 Å². The molecule has 6 nitrogen and oxygen atoms in total. The molecular weight excluding hydrogens is 377 g/mol. The van der Waals surface area contributed by atoms with Gasteiger partial charge >= 0.3 is 6.18 Å². The standard InChI is InChI=1S/C19H17F3N2O4/c1-8-10(5-4-9(7-23)12(8)19(20,21)22)24-15(26)13-14(16(24)27)18(3)11(25)6-17(13,2)28-18/h4-5,11,13-14,25H,6H2,1-3H3/t11-,13+,14-,17+,18-/m0/s1. The molecule has 9 heteroatoms. The highest BCUT2D eigenvalue weighted by molar-refractivity contribution is 6.23. The van der Waals surface area contributed by atoms with E-state index in [1.165, 1.54) is 12.1 Å².